The summed E-state index contributed by atoms with van der Waals surface area (Å²) in [7, 11) is 1.34. The van der Waals surface area contributed by atoms with Gasteiger partial charge in [0, 0.05) is 0 Å². The van der Waals surface area contributed by atoms with Gasteiger partial charge in [-0.05, 0) is 30.5 Å². The number of aryl methyl sites for hydroxylation is 1. The van der Waals surface area contributed by atoms with Crippen molar-refractivity contribution in [2.24, 2.45) is 5.92 Å². The Hall–Kier alpha value is -1.88. The maximum absolute atomic E-state index is 11.3. The Labute approximate surface area is 111 Å². The fraction of sp³-hybridized carbons (Fsp3) is 0.429. The third kappa shape index (κ3) is 2.93. The van der Waals surface area contributed by atoms with Gasteiger partial charge in [0.2, 0.25) is 0 Å². The lowest BCUT2D eigenvalue weighted by molar-refractivity contribution is -0.188. The van der Waals surface area contributed by atoms with Crippen molar-refractivity contribution < 1.29 is 24.2 Å². The molecule has 0 amide bonds. The van der Waals surface area contributed by atoms with E-state index in [1.807, 2.05) is 12.1 Å². The minimum Gasteiger partial charge on any atom is -0.465 e. The van der Waals surface area contributed by atoms with Crippen LogP contribution in [0.15, 0.2) is 24.3 Å². The van der Waals surface area contributed by atoms with Gasteiger partial charge in [0.25, 0.3) is 0 Å². The average Bonchev–Trinajstić information content (AvgIpc) is 2.43. The Morgan fingerprint density at radius 2 is 2.05 bits per heavy atom. The third-order valence-electron chi connectivity index (χ3n) is 3.31. The Balaban J connectivity index is 1.87. The van der Waals surface area contributed by atoms with Gasteiger partial charge in [0.05, 0.1) is 19.3 Å². The highest BCUT2D eigenvalue weighted by atomic mass is 16.6. The van der Waals surface area contributed by atoms with E-state index in [9.17, 15) is 9.59 Å². The number of hydrogen-bond donors (Lipinski definition) is 1. The van der Waals surface area contributed by atoms with E-state index in [0.29, 0.717) is 12.0 Å². The number of aliphatic hydroxyl groups excluding tert-OH is 1. The number of benzene rings is 1. The number of ether oxygens (including phenoxy) is 2. The maximum atomic E-state index is 11.3. The molecular weight excluding hydrogens is 248 g/mol. The van der Waals surface area contributed by atoms with Crippen molar-refractivity contribution in [3.05, 3.63) is 35.4 Å². The van der Waals surface area contributed by atoms with Crippen molar-refractivity contribution in [1.29, 1.82) is 0 Å². The zero-order valence-electron chi connectivity index (χ0n) is 10.7. The first-order chi connectivity index (χ1) is 9.15. The van der Waals surface area contributed by atoms with Crippen molar-refractivity contribution in [2.45, 2.75) is 18.9 Å². The van der Waals surface area contributed by atoms with Crippen LogP contribution in [-0.4, -0.2) is 36.9 Å². The summed E-state index contributed by atoms with van der Waals surface area (Å²) in [6.45, 7) is -0.162. The number of rotatable bonds is 5. The van der Waals surface area contributed by atoms with Crippen LogP contribution in [-0.2, 0) is 20.7 Å². The molecule has 19 heavy (non-hydrogen) atoms. The van der Waals surface area contributed by atoms with Gasteiger partial charge in [-0.2, -0.15) is 0 Å². The van der Waals surface area contributed by atoms with Gasteiger partial charge in [0.1, 0.15) is 12.0 Å². The van der Waals surface area contributed by atoms with Gasteiger partial charge in [-0.1, -0.05) is 12.1 Å². The minimum absolute atomic E-state index is 0.162. The van der Waals surface area contributed by atoms with Crippen LogP contribution in [0.1, 0.15) is 22.3 Å². The fourth-order valence-corrected chi connectivity index (χ4v) is 2.08. The van der Waals surface area contributed by atoms with Crippen LogP contribution in [0.4, 0.5) is 0 Å². The van der Waals surface area contributed by atoms with E-state index in [2.05, 4.69) is 4.74 Å². The predicted octanol–water partition coefficient (Wildman–Crippen LogP) is 0.940. The number of hydrogen-bond acceptors (Lipinski definition) is 5. The molecule has 1 aromatic carbocycles. The molecule has 2 rings (SSSR count). The number of carbonyl (C=O) groups excluding carboxylic acids is 2. The smallest absolute Gasteiger partial charge is 0.337 e. The number of methoxy groups -OCH3 is 1. The second kappa shape index (κ2) is 5.84. The van der Waals surface area contributed by atoms with Gasteiger partial charge in [0.15, 0.2) is 0 Å². The Morgan fingerprint density at radius 1 is 1.37 bits per heavy atom. The van der Waals surface area contributed by atoms with E-state index < -0.39 is 0 Å². The summed E-state index contributed by atoms with van der Waals surface area (Å²) in [5.41, 5.74) is 1.56. The summed E-state index contributed by atoms with van der Waals surface area (Å²) in [5, 5.41) is 9.00. The zero-order valence-corrected chi connectivity index (χ0v) is 10.7. The lowest BCUT2D eigenvalue weighted by Crippen LogP contribution is -2.47. The number of aliphatic hydroxyl groups is 1. The van der Waals surface area contributed by atoms with Crippen molar-refractivity contribution >= 4 is 11.9 Å². The Morgan fingerprint density at radius 3 is 2.58 bits per heavy atom. The molecule has 2 atom stereocenters. The highest BCUT2D eigenvalue weighted by Gasteiger charge is 2.41. The van der Waals surface area contributed by atoms with Gasteiger partial charge in [-0.3, -0.25) is 4.79 Å². The van der Waals surface area contributed by atoms with Crippen LogP contribution < -0.4 is 0 Å². The monoisotopic (exact) mass is 264 g/mol. The van der Waals surface area contributed by atoms with Crippen molar-refractivity contribution in [3.63, 3.8) is 0 Å². The molecule has 1 aliphatic heterocycles. The van der Waals surface area contributed by atoms with Gasteiger partial charge >= 0.3 is 11.9 Å². The molecule has 1 heterocycles. The van der Waals surface area contributed by atoms with Crippen LogP contribution in [0, 0.1) is 5.92 Å². The second-order valence-electron chi connectivity index (χ2n) is 4.49. The summed E-state index contributed by atoms with van der Waals surface area (Å²) in [4.78, 5) is 22.3. The van der Waals surface area contributed by atoms with E-state index in [0.717, 1.165) is 12.0 Å². The largest absolute Gasteiger partial charge is 0.465 e. The zero-order chi connectivity index (χ0) is 13.8. The Kier molecular flexibility index (Phi) is 4.16. The van der Waals surface area contributed by atoms with E-state index in [-0.39, 0.29) is 30.6 Å². The lowest BCUT2D eigenvalue weighted by atomic mass is 9.92. The quantitative estimate of drug-likeness (QED) is 0.801. The highest BCUT2D eigenvalue weighted by molar-refractivity contribution is 5.89. The van der Waals surface area contributed by atoms with Crippen LogP contribution in [0.3, 0.4) is 0 Å². The third-order valence-corrected chi connectivity index (χ3v) is 3.31. The molecule has 0 radical (unpaired) electrons. The molecule has 0 bridgehead atoms. The van der Waals surface area contributed by atoms with E-state index in [4.69, 9.17) is 9.84 Å². The normalized spacial score (nSPS) is 21.5. The first-order valence-corrected chi connectivity index (χ1v) is 6.14. The molecule has 5 nitrogen and oxygen atoms in total. The summed E-state index contributed by atoms with van der Waals surface area (Å²) in [6.07, 6.45) is 1.21. The molecular formula is C14H16O5. The van der Waals surface area contributed by atoms with Crippen LogP contribution in [0.25, 0.3) is 0 Å². The van der Waals surface area contributed by atoms with E-state index in [1.54, 1.807) is 12.1 Å². The molecule has 1 saturated heterocycles. The van der Waals surface area contributed by atoms with E-state index >= 15 is 0 Å². The topological polar surface area (TPSA) is 72.8 Å². The SMILES string of the molecule is COC(=O)c1ccc(CC[C@@H]2OC(=O)[C@H]2CO)cc1. The van der Waals surface area contributed by atoms with Crippen molar-refractivity contribution in [3.8, 4) is 0 Å². The number of carbonyl (C=O) groups is 2. The minimum atomic E-state index is -0.380. The molecule has 0 saturated carbocycles. The average molecular weight is 264 g/mol. The molecule has 0 aliphatic carbocycles. The summed E-state index contributed by atoms with van der Waals surface area (Å²) in [5.74, 6) is -1.07. The lowest BCUT2D eigenvalue weighted by Gasteiger charge is -2.33. The molecule has 0 unspecified atom stereocenters. The van der Waals surface area contributed by atoms with Crippen LogP contribution in [0.2, 0.25) is 0 Å². The first kappa shape index (κ1) is 13.5. The second-order valence-corrected chi connectivity index (χ2v) is 4.49. The van der Waals surface area contributed by atoms with Crippen molar-refractivity contribution in [2.75, 3.05) is 13.7 Å². The summed E-state index contributed by atoms with van der Waals surface area (Å²) in [6, 6.07) is 7.11. The molecule has 1 aliphatic rings. The fourth-order valence-electron chi connectivity index (χ4n) is 2.08. The molecule has 0 aromatic heterocycles. The van der Waals surface area contributed by atoms with Crippen LogP contribution in [0.5, 0.6) is 0 Å². The summed E-state index contributed by atoms with van der Waals surface area (Å²) >= 11 is 0. The standard InChI is InChI=1S/C14H16O5/c1-18-13(16)10-5-2-9(3-6-10)4-7-12-11(8-15)14(17)19-12/h2-3,5-6,11-12,15H,4,7-8H2,1H3/t11-,12-/m0/s1. The number of esters is 2. The maximum Gasteiger partial charge on any atom is 0.337 e. The molecule has 1 aromatic rings. The summed E-state index contributed by atoms with van der Waals surface area (Å²) < 4.78 is 9.59. The van der Waals surface area contributed by atoms with Crippen molar-refractivity contribution in [1.82, 2.24) is 0 Å². The molecule has 0 spiro atoms. The number of cyclic esters (lactones) is 1. The molecule has 5 heteroatoms. The van der Waals surface area contributed by atoms with Gasteiger partial charge in [-0.15, -0.1) is 0 Å². The first-order valence-electron chi connectivity index (χ1n) is 6.14. The van der Waals surface area contributed by atoms with Gasteiger partial charge < -0.3 is 14.6 Å². The Bertz CT molecular complexity index is 465. The van der Waals surface area contributed by atoms with E-state index in [1.165, 1.54) is 7.11 Å². The molecule has 1 N–H and O–H groups in total. The molecule has 1 fully saturated rings. The highest BCUT2D eigenvalue weighted by Crippen LogP contribution is 2.26. The van der Waals surface area contributed by atoms with Gasteiger partial charge in [-0.25, -0.2) is 4.79 Å². The predicted molar refractivity (Wildman–Crippen MR) is 66.6 cm³/mol. The molecule has 102 valence electrons. The van der Waals surface area contributed by atoms with Crippen LogP contribution >= 0.6 is 0 Å².